The van der Waals surface area contributed by atoms with Crippen LogP contribution in [-0.4, -0.2) is 17.6 Å². The Hall–Kier alpha value is -1.95. The minimum atomic E-state index is -0.296. The van der Waals surface area contributed by atoms with E-state index < -0.39 is 0 Å². The lowest BCUT2D eigenvalue weighted by molar-refractivity contribution is 0.252. The molecule has 0 saturated carbocycles. The average molecular weight is 293 g/mol. The van der Waals surface area contributed by atoms with Gasteiger partial charge in [0.1, 0.15) is 5.82 Å². The second kappa shape index (κ2) is 6.47. The number of hydrogen-bond acceptors (Lipinski definition) is 3. The van der Waals surface area contributed by atoms with Gasteiger partial charge < -0.3 is 5.32 Å². The zero-order valence-corrected chi connectivity index (χ0v) is 12.2. The molecule has 4 nitrogen and oxygen atoms in total. The van der Waals surface area contributed by atoms with Crippen molar-refractivity contribution >= 4 is 22.5 Å². The number of rotatable bonds is 4. The maximum Gasteiger partial charge on any atom is 0.321 e. The predicted octanol–water partition coefficient (Wildman–Crippen LogP) is 3.26. The van der Waals surface area contributed by atoms with Crippen molar-refractivity contribution in [3.05, 3.63) is 46.2 Å². The summed E-state index contributed by atoms with van der Waals surface area (Å²) >= 11 is 1.44. The lowest BCUT2D eigenvalue weighted by Gasteiger charge is -2.05. The molecule has 1 aromatic heterocycles. The number of anilines is 1. The van der Waals surface area contributed by atoms with Gasteiger partial charge in [0.15, 0.2) is 5.13 Å². The van der Waals surface area contributed by atoms with Crippen molar-refractivity contribution in [3.8, 4) is 0 Å². The number of aromatic nitrogens is 1. The number of nitrogens with one attached hydrogen (secondary N) is 2. The van der Waals surface area contributed by atoms with Gasteiger partial charge in [-0.05, 0) is 38.0 Å². The van der Waals surface area contributed by atoms with Crippen molar-refractivity contribution in [1.82, 2.24) is 10.3 Å². The van der Waals surface area contributed by atoms with Gasteiger partial charge in [-0.25, -0.2) is 14.2 Å². The highest BCUT2D eigenvalue weighted by molar-refractivity contribution is 7.15. The summed E-state index contributed by atoms with van der Waals surface area (Å²) in [4.78, 5) is 17.0. The molecule has 0 saturated heterocycles. The fourth-order valence-electron chi connectivity index (χ4n) is 1.68. The van der Waals surface area contributed by atoms with E-state index >= 15 is 0 Å². The van der Waals surface area contributed by atoms with Crippen LogP contribution in [0.1, 0.15) is 16.1 Å². The third kappa shape index (κ3) is 4.03. The fourth-order valence-corrected chi connectivity index (χ4v) is 2.49. The molecule has 0 aliphatic heterocycles. The van der Waals surface area contributed by atoms with E-state index in [2.05, 4.69) is 15.6 Å². The van der Waals surface area contributed by atoms with Crippen molar-refractivity contribution in [3.63, 3.8) is 0 Å². The van der Waals surface area contributed by atoms with Crippen LogP contribution in [0.3, 0.4) is 0 Å². The molecule has 106 valence electrons. The van der Waals surface area contributed by atoms with Crippen molar-refractivity contribution < 1.29 is 9.18 Å². The van der Waals surface area contributed by atoms with Crippen LogP contribution in [0.5, 0.6) is 0 Å². The molecular formula is C14H16FN3OS. The molecule has 0 aliphatic carbocycles. The third-order valence-electron chi connectivity index (χ3n) is 2.84. The van der Waals surface area contributed by atoms with Crippen LogP contribution < -0.4 is 10.6 Å². The first-order valence-electron chi connectivity index (χ1n) is 6.28. The number of thiazole rings is 1. The summed E-state index contributed by atoms with van der Waals surface area (Å²) < 4.78 is 13.0. The van der Waals surface area contributed by atoms with E-state index in [9.17, 15) is 9.18 Å². The van der Waals surface area contributed by atoms with Crippen LogP contribution in [0.15, 0.2) is 24.3 Å². The monoisotopic (exact) mass is 293 g/mol. The van der Waals surface area contributed by atoms with Gasteiger partial charge in [0.2, 0.25) is 0 Å². The summed E-state index contributed by atoms with van der Waals surface area (Å²) in [6.45, 7) is 4.30. The van der Waals surface area contributed by atoms with E-state index in [0.717, 1.165) is 16.1 Å². The molecule has 0 radical (unpaired) electrons. The lowest BCUT2D eigenvalue weighted by Crippen LogP contribution is -2.30. The quantitative estimate of drug-likeness (QED) is 0.909. The Morgan fingerprint density at radius 2 is 2.20 bits per heavy atom. The normalized spacial score (nSPS) is 10.3. The summed E-state index contributed by atoms with van der Waals surface area (Å²) in [6, 6.07) is 6.06. The van der Waals surface area contributed by atoms with Crippen molar-refractivity contribution in [2.24, 2.45) is 0 Å². The van der Waals surface area contributed by atoms with E-state index in [0.29, 0.717) is 18.1 Å². The van der Waals surface area contributed by atoms with Gasteiger partial charge in [-0.2, -0.15) is 0 Å². The molecule has 0 spiro atoms. The second-order valence-electron chi connectivity index (χ2n) is 4.42. The predicted molar refractivity (Wildman–Crippen MR) is 78.7 cm³/mol. The number of hydrogen-bond donors (Lipinski definition) is 2. The Labute approximate surface area is 121 Å². The van der Waals surface area contributed by atoms with E-state index in [1.807, 2.05) is 19.9 Å². The van der Waals surface area contributed by atoms with Gasteiger partial charge in [-0.1, -0.05) is 12.1 Å². The number of urea groups is 1. The van der Waals surface area contributed by atoms with Crippen molar-refractivity contribution in [2.75, 3.05) is 11.9 Å². The van der Waals surface area contributed by atoms with E-state index in [1.165, 1.54) is 23.5 Å². The number of amides is 2. The highest BCUT2D eigenvalue weighted by Crippen LogP contribution is 2.20. The Balaban J connectivity index is 1.78. The maximum absolute atomic E-state index is 13.0. The molecule has 0 unspecified atom stereocenters. The molecule has 0 atom stereocenters. The van der Waals surface area contributed by atoms with E-state index in [4.69, 9.17) is 0 Å². The highest BCUT2D eigenvalue weighted by Gasteiger charge is 2.07. The van der Waals surface area contributed by atoms with Crippen LogP contribution in [0, 0.1) is 19.7 Å². The summed E-state index contributed by atoms with van der Waals surface area (Å²) in [6.07, 6.45) is 0.584. The molecular weight excluding hydrogens is 277 g/mol. The molecule has 2 N–H and O–H groups in total. The number of halogens is 1. The van der Waals surface area contributed by atoms with Gasteiger partial charge in [0.25, 0.3) is 0 Å². The summed E-state index contributed by atoms with van der Waals surface area (Å²) in [5.41, 5.74) is 1.77. The van der Waals surface area contributed by atoms with Crippen molar-refractivity contribution in [1.29, 1.82) is 0 Å². The van der Waals surface area contributed by atoms with Gasteiger partial charge in [-0.3, -0.25) is 5.32 Å². The minimum absolute atomic E-state index is 0.263. The molecule has 0 aliphatic rings. The highest BCUT2D eigenvalue weighted by atomic mass is 32.1. The molecule has 2 rings (SSSR count). The standard InChI is InChI=1S/C14H16FN3OS/c1-9-10(2)20-14(17-9)18-13(19)16-7-6-11-4-3-5-12(15)8-11/h3-5,8H,6-7H2,1-2H3,(H2,16,17,18,19). The lowest BCUT2D eigenvalue weighted by atomic mass is 10.1. The zero-order valence-electron chi connectivity index (χ0n) is 11.4. The molecule has 6 heteroatoms. The molecule has 1 heterocycles. The minimum Gasteiger partial charge on any atom is -0.337 e. The van der Waals surface area contributed by atoms with Gasteiger partial charge in [0.05, 0.1) is 5.69 Å². The van der Waals surface area contributed by atoms with Crippen LogP contribution in [0.2, 0.25) is 0 Å². The van der Waals surface area contributed by atoms with E-state index in [-0.39, 0.29) is 11.8 Å². The van der Waals surface area contributed by atoms with Gasteiger partial charge >= 0.3 is 6.03 Å². The first-order chi connectivity index (χ1) is 9.54. The Morgan fingerprint density at radius 3 is 2.85 bits per heavy atom. The summed E-state index contributed by atoms with van der Waals surface area (Å²) in [7, 11) is 0. The number of benzene rings is 1. The molecule has 20 heavy (non-hydrogen) atoms. The first kappa shape index (κ1) is 14.5. The Morgan fingerprint density at radius 1 is 1.40 bits per heavy atom. The van der Waals surface area contributed by atoms with E-state index in [1.54, 1.807) is 6.07 Å². The van der Waals surface area contributed by atoms with Crippen LogP contribution in [-0.2, 0) is 6.42 Å². The molecule has 2 amide bonds. The Kier molecular flexibility index (Phi) is 4.68. The molecule has 0 fully saturated rings. The van der Waals surface area contributed by atoms with Crippen molar-refractivity contribution in [2.45, 2.75) is 20.3 Å². The summed E-state index contributed by atoms with van der Waals surface area (Å²) in [5.74, 6) is -0.263. The van der Waals surface area contributed by atoms with Crippen LogP contribution in [0.4, 0.5) is 14.3 Å². The largest absolute Gasteiger partial charge is 0.337 e. The smallest absolute Gasteiger partial charge is 0.321 e. The average Bonchev–Trinajstić information content (AvgIpc) is 2.68. The first-order valence-corrected chi connectivity index (χ1v) is 7.09. The molecule has 1 aromatic carbocycles. The van der Waals surface area contributed by atoms with Gasteiger partial charge in [0, 0.05) is 11.4 Å². The van der Waals surface area contributed by atoms with Crippen LogP contribution in [0.25, 0.3) is 0 Å². The summed E-state index contributed by atoms with van der Waals surface area (Å²) in [5, 5.41) is 5.99. The topological polar surface area (TPSA) is 54.0 Å². The zero-order chi connectivity index (χ0) is 14.5. The second-order valence-corrected chi connectivity index (χ2v) is 5.62. The SMILES string of the molecule is Cc1nc(NC(=O)NCCc2cccc(F)c2)sc1C. The maximum atomic E-state index is 13.0. The van der Waals surface area contributed by atoms with Gasteiger partial charge in [-0.15, -0.1) is 11.3 Å². The Bertz CT molecular complexity index is 593. The number of aryl methyl sites for hydroxylation is 2. The number of carbonyl (C=O) groups is 1. The number of carbonyl (C=O) groups excluding carboxylic acids is 1. The van der Waals surface area contributed by atoms with Crippen LogP contribution >= 0.6 is 11.3 Å². The molecule has 0 bridgehead atoms. The third-order valence-corrected chi connectivity index (χ3v) is 3.83. The fraction of sp³-hybridized carbons (Fsp3) is 0.286. The molecule has 2 aromatic rings. The number of nitrogens with zero attached hydrogens (tertiary/aromatic N) is 1.